The average molecular weight is 292 g/mol. The van der Waals surface area contributed by atoms with E-state index < -0.39 is 5.97 Å². The van der Waals surface area contributed by atoms with Crippen LogP contribution >= 0.6 is 11.8 Å². The van der Waals surface area contributed by atoms with E-state index in [1.165, 1.54) is 23.9 Å². The Kier molecular flexibility index (Phi) is 4.41. The molecule has 1 aromatic carbocycles. The fourth-order valence-electron chi connectivity index (χ4n) is 1.46. The summed E-state index contributed by atoms with van der Waals surface area (Å²) in [5.41, 5.74) is 0.878. The predicted molar refractivity (Wildman–Crippen MR) is 74.0 cm³/mol. The zero-order valence-electron chi connectivity index (χ0n) is 10.6. The summed E-state index contributed by atoms with van der Waals surface area (Å²) < 4.78 is 4.87. The fourth-order valence-corrected chi connectivity index (χ4v) is 2.22. The van der Waals surface area contributed by atoms with Crippen molar-refractivity contribution in [3.63, 3.8) is 0 Å². The Hall–Kier alpha value is -2.28. The van der Waals surface area contributed by atoms with E-state index in [0.717, 1.165) is 0 Å². The number of thioether (sulfide) groups is 1. The average Bonchev–Trinajstić information content (AvgIpc) is 2.82. The summed E-state index contributed by atoms with van der Waals surface area (Å²) in [5.74, 6) is -0.781. The Morgan fingerprint density at radius 2 is 2.20 bits per heavy atom. The Bertz CT molecular complexity index is 639. The highest BCUT2D eigenvalue weighted by molar-refractivity contribution is 8.00. The van der Waals surface area contributed by atoms with Crippen LogP contribution in [0.2, 0.25) is 0 Å². The van der Waals surface area contributed by atoms with Crippen molar-refractivity contribution in [1.82, 2.24) is 5.16 Å². The number of rotatable bonds is 5. The molecular formula is C13H12N2O4S. The summed E-state index contributed by atoms with van der Waals surface area (Å²) in [6, 6.07) is 8.04. The lowest BCUT2D eigenvalue weighted by molar-refractivity contribution is -0.113. The molecule has 1 aromatic heterocycles. The van der Waals surface area contributed by atoms with Crippen LogP contribution < -0.4 is 5.32 Å². The van der Waals surface area contributed by atoms with Gasteiger partial charge < -0.3 is 9.63 Å². The van der Waals surface area contributed by atoms with E-state index in [1.54, 1.807) is 25.1 Å². The highest BCUT2D eigenvalue weighted by Gasteiger charge is 2.08. The van der Waals surface area contributed by atoms with Gasteiger partial charge in [-0.2, -0.15) is 0 Å². The largest absolute Gasteiger partial charge is 0.478 e. The van der Waals surface area contributed by atoms with Crippen molar-refractivity contribution >= 4 is 29.5 Å². The Morgan fingerprint density at radius 3 is 2.85 bits per heavy atom. The Balaban J connectivity index is 1.90. The summed E-state index contributed by atoms with van der Waals surface area (Å²) in [6.07, 6.45) is 0. The number of aromatic carboxylic acids is 1. The zero-order chi connectivity index (χ0) is 14.5. The van der Waals surface area contributed by atoms with E-state index in [0.29, 0.717) is 16.5 Å². The van der Waals surface area contributed by atoms with Gasteiger partial charge in [0.15, 0.2) is 0 Å². The van der Waals surface area contributed by atoms with Crippen LogP contribution in [0.3, 0.4) is 0 Å². The number of aryl methyl sites for hydroxylation is 1. The molecule has 6 nitrogen and oxygen atoms in total. The van der Waals surface area contributed by atoms with Crippen LogP contribution in [0.25, 0.3) is 0 Å². The number of nitrogens with zero attached hydrogens (tertiary/aromatic N) is 1. The van der Waals surface area contributed by atoms with Gasteiger partial charge >= 0.3 is 5.97 Å². The molecule has 0 aliphatic carbocycles. The summed E-state index contributed by atoms with van der Waals surface area (Å²) >= 11 is 1.25. The van der Waals surface area contributed by atoms with Gasteiger partial charge in [0.05, 0.1) is 17.0 Å². The zero-order valence-corrected chi connectivity index (χ0v) is 11.4. The van der Waals surface area contributed by atoms with Gasteiger partial charge in [0.25, 0.3) is 0 Å². The number of carboxylic acids is 1. The molecule has 0 aliphatic rings. The van der Waals surface area contributed by atoms with Crippen LogP contribution in [-0.4, -0.2) is 27.9 Å². The van der Waals surface area contributed by atoms with Crippen molar-refractivity contribution in [2.24, 2.45) is 0 Å². The highest BCUT2D eigenvalue weighted by atomic mass is 32.2. The lowest BCUT2D eigenvalue weighted by Crippen LogP contribution is -2.13. The molecule has 2 aromatic rings. The molecule has 2 N–H and O–H groups in total. The van der Waals surface area contributed by atoms with Crippen LogP contribution in [0.5, 0.6) is 0 Å². The lowest BCUT2D eigenvalue weighted by Gasteiger charge is -2.02. The van der Waals surface area contributed by atoms with Gasteiger partial charge in [-0.25, -0.2) is 4.79 Å². The van der Waals surface area contributed by atoms with Crippen LogP contribution in [-0.2, 0) is 4.79 Å². The van der Waals surface area contributed by atoms with Gasteiger partial charge in [-0.3, -0.25) is 10.1 Å². The molecule has 0 spiro atoms. The number of carboxylic acid groups (broad SMARTS) is 1. The molecule has 0 saturated heterocycles. The standard InChI is InChI=1S/C13H12N2O4S/c1-8-5-12(19-15-8)14-11(16)7-20-10-4-2-3-9(6-10)13(17)18/h2-6H,7H2,1H3,(H,14,16)(H,17,18). The minimum Gasteiger partial charge on any atom is -0.478 e. The third kappa shape index (κ3) is 3.86. The number of nitrogens with one attached hydrogen (secondary N) is 1. The molecule has 1 amide bonds. The molecular weight excluding hydrogens is 280 g/mol. The van der Waals surface area contributed by atoms with Gasteiger partial charge in [-0.1, -0.05) is 11.2 Å². The fraction of sp³-hybridized carbons (Fsp3) is 0.154. The number of amides is 1. The van der Waals surface area contributed by atoms with Crippen LogP contribution in [0.1, 0.15) is 16.1 Å². The first-order chi connectivity index (χ1) is 9.54. The minimum atomic E-state index is -0.992. The summed E-state index contributed by atoms with van der Waals surface area (Å²) in [6.45, 7) is 1.76. The van der Waals surface area contributed by atoms with E-state index >= 15 is 0 Å². The van der Waals surface area contributed by atoms with E-state index in [1.807, 2.05) is 0 Å². The molecule has 0 bridgehead atoms. The molecule has 0 unspecified atom stereocenters. The quantitative estimate of drug-likeness (QED) is 0.822. The maximum absolute atomic E-state index is 11.7. The van der Waals surface area contributed by atoms with Crippen molar-refractivity contribution in [3.8, 4) is 0 Å². The van der Waals surface area contributed by atoms with E-state index in [2.05, 4.69) is 10.5 Å². The van der Waals surface area contributed by atoms with Crippen LogP contribution in [0, 0.1) is 6.92 Å². The van der Waals surface area contributed by atoms with Gasteiger partial charge in [0, 0.05) is 11.0 Å². The maximum Gasteiger partial charge on any atom is 0.335 e. The SMILES string of the molecule is Cc1cc(NC(=O)CSc2cccc(C(=O)O)c2)on1. The number of hydrogen-bond acceptors (Lipinski definition) is 5. The van der Waals surface area contributed by atoms with Crippen LogP contribution in [0.15, 0.2) is 39.8 Å². The molecule has 0 fully saturated rings. The topological polar surface area (TPSA) is 92.4 Å². The molecule has 0 atom stereocenters. The monoisotopic (exact) mass is 292 g/mol. The minimum absolute atomic E-state index is 0.156. The summed E-state index contributed by atoms with van der Waals surface area (Å²) in [4.78, 5) is 23.2. The number of carbonyl (C=O) groups excluding carboxylic acids is 1. The van der Waals surface area contributed by atoms with Crippen molar-refractivity contribution < 1.29 is 19.2 Å². The maximum atomic E-state index is 11.7. The van der Waals surface area contributed by atoms with Crippen LogP contribution in [0.4, 0.5) is 5.88 Å². The van der Waals surface area contributed by atoms with Crippen molar-refractivity contribution in [3.05, 3.63) is 41.6 Å². The number of aromatic nitrogens is 1. The second kappa shape index (κ2) is 6.25. The smallest absolute Gasteiger partial charge is 0.335 e. The molecule has 7 heteroatoms. The van der Waals surface area contributed by atoms with Gasteiger partial charge in [-0.15, -0.1) is 11.8 Å². The normalized spacial score (nSPS) is 10.2. The number of anilines is 1. The number of hydrogen-bond donors (Lipinski definition) is 2. The van der Waals surface area contributed by atoms with Gasteiger partial charge in [-0.05, 0) is 25.1 Å². The number of benzene rings is 1. The van der Waals surface area contributed by atoms with Gasteiger partial charge in [0.1, 0.15) is 0 Å². The van der Waals surface area contributed by atoms with Gasteiger partial charge in [0.2, 0.25) is 11.8 Å². The Labute approximate surface area is 119 Å². The third-order valence-corrected chi connectivity index (χ3v) is 3.34. The Morgan fingerprint density at radius 1 is 1.40 bits per heavy atom. The van der Waals surface area contributed by atoms with E-state index in [9.17, 15) is 9.59 Å². The van der Waals surface area contributed by atoms with E-state index in [-0.39, 0.29) is 17.2 Å². The molecule has 2 rings (SSSR count). The molecule has 104 valence electrons. The summed E-state index contributed by atoms with van der Waals surface area (Å²) in [7, 11) is 0. The second-order valence-corrected chi connectivity index (χ2v) is 5.05. The van der Waals surface area contributed by atoms with E-state index in [4.69, 9.17) is 9.63 Å². The highest BCUT2D eigenvalue weighted by Crippen LogP contribution is 2.19. The third-order valence-electron chi connectivity index (χ3n) is 2.34. The molecule has 20 heavy (non-hydrogen) atoms. The first-order valence-corrected chi connectivity index (χ1v) is 6.72. The molecule has 0 radical (unpaired) electrons. The molecule has 0 aliphatic heterocycles. The first kappa shape index (κ1) is 14.1. The van der Waals surface area contributed by atoms with Crippen molar-refractivity contribution in [2.75, 3.05) is 11.1 Å². The second-order valence-electron chi connectivity index (χ2n) is 4.00. The first-order valence-electron chi connectivity index (χ1n) is 5.74. The predicted octanol–water partition coefficient (Wildman–Crippen LogP) is 2.41. The lowest BCUT2D eigenvalue weighted by atomic mass is 10.2. The molecule has 0 saturated carbocycles. The van der Waals surface area contributed by atoms with Crippen molar-refractivity contribution in [2.45, 2.75) is 11.8 Å². The van der Waals surface area contributed by atoms with Crippen molar-refractivity contribution in [1.29, 1.82) is 0 Å². The summed E-state index contributed by atoms with van der Waals surface area (Å²) in [5, 5.41) is 15.1. The molecule has 1 heterocycles. The number of carbonyl (C=O) groups is 2.